The van der Waals surface area contributed by atoms with Crippen molar-refractivity contribution in [2.45, 2.75) is 19.4 Å². The van der Waals surface area contributed by atoms with E-state index < -0.39 is 0 Å². The second-order valence-corrected chi connectivity index (χ2v) is 10.3. The zero-order chi connectivity index (χ0) is 23.1. The molecule has 168 valence electrons. The summed E-state index contributed by atoms with van der Waals surface area (Å²) in [6, 6.07) is 7.63. The van der Waals surface area contributed by atoms with E-state index in [1.54, 1.807) is 13.0 Å². The summed E-state index contributed by atoms with van der Waals surface area (Å²) >= 11 is 15.5. The first-order chi connectivity index (χ1) is 15.9. The van der Waals surface area contributed by atoms with Gasteiger partial charge in [0, 0.05) is 34.5 Å². The molecule has 0 aliphatic carbocycles. The van der Waals surface area contributed by atoms with Gasteiger partial charge in [0.1, 0.15) is 11.9 Å². The van der Waals surface area contributed by atoms with Gasteiger partial charge in [0.05, 0.1) is 22.1 Å². The lowest BCUT2D eigenvalue weighted by Gasteiger charge is -2.11. The number of rotatable bonds is 6. The molecule has 0 bridgehead atoms. The van der Waals surface area contributed by atoms with Crippen LogP contribution in [0.15, 0.2) is 41.9 Å². The van der Waals surface area contributed by atoms with Gasteiger partial charge < -0.3 is 10.1 Å². The third-order valence-corrected chi connectivity index (χ3v) is 7.79. The van der Waals surface area contributed by atoms with Crippen LogP contribution in [0.5, 0.6) is 5.75 Å². The molecule has 4 aromatic rings. The Balaban J connectivity index is 1.23. The largest absolute Gasteiger partial charge is 0.486 e. The maximum atomic E-state index is 12.3. The van der Waals surface area contributed by atoms with Crippen molar-refractivity contribution in [3.63, 3.8) is 0 Å². The summed E-state index contributed by atoms with van der Waals surface area (Å²) in [5.41, 5.74) is 2.59. The summed E-state index contributed by atoms with van der Waals surface area (Å²) in [6.45, 7) is 1.89. The minimum absolute atomic E-state index is 0.0435. The Bertz CT molecular complexity index is 1420. The number of nitrogens with one attached hydrogen (secondary N) is 1. The van der Waals surface area contributed by atoms with Crippen LogP contribution in [0.4, 0.5) is 0 Å². The van der Waals surface area contributed by atoms with Crippen LogP contribution in [-0.2, 0) is 11.2 Å². The van der Waals surface area contributed by atoms with Crippen molar-refractivity contribution >= 4 is 68.6 Å². The SMILES string of the molecule is CC(=O)c1ccc(-c2cc(Cl)c3c(c2)CC(CNC(=O)C=Cc2c(Cl)nc4sccn24)O3)s1. The van der Waals surface area contributed by atoms with Crippen LogP contribution in [0.25, 0.3) is 21.5 Å². The summed E-state index contributed by atoms with van der Waals surface area (Å²) in [4.78, 5) is 30.7. The fourth-order valence-corrected chi connectivity index (χ4v) is 5.86. The Hall–Kier alpha value is -2.65. The van der Waals surface area contributed by atoms with Crippen molar-refractivity contribution in [2.24, 2.45) is 0 Å². The number of thiophene rings is 1. The van der Waals surface area contributed by atoms with Gasteiger partial charge >= 0.3 is 0 Å². The molecule has 1 N–H and O–H groups in total. The number of aromatic nitrogens is 2. The maximum Gasteiger partial charge on any atom is 0.244 e. The van der Waals surface area contributed by atoms with E-state index in [2.05, 4.69) is 10.3 Å². The Morgan fingerprint density at radius 2 is 2.18 bits per heavy atom. The summed E-state index contributed by atoms with van der Waals surface area (Å²) in [6.07, 6.45) is 5.35. The van der Waals surface area contributed by atoms with Gasteiger partial charge in [-0.3, -0.25) is 14.0 Å². The molecule has 1 aliphatic rings. The third kappa shape index (κ3) is 4.44. The second kappa shape index (κ2) is 8.95. The third-order valence-electron chi connectivity index (χ3n) is 5.24. The number of imidazole rings is 1. The smallest absolute Gasteiger partial charge is 0.244 e. The normalized spacial score (nSPS) is 15.2. The lowest BCUT2D eigenvalue weighted by Crippen LogP contribution is -2.33. The molecular formula is C23H17Cl2N3O3S2. The van der Waals surface area contributed by atoms with Crippen molar-refractivity contribution in [2.75, 3.05) is 6.54 Å². The monoisotopic (exact) mass is 517 g/mol. The van der Waals surface area contributed by atoms with Gasteiger partial charge in [0.2, 0.25) is 5.91 Å². The molecule has 1 unspecified atom stereocenters. The van der Waals surface area contributed by atoms with Crippen LogP contribution in [0.1, 0.15) is 27.9 Å². The number of amides is 1. The van der Waals surface area contributed by atoms with Crippen LogP contribution in [0.3, 0.4) is 0 Å². The Labute approximate surface area is 207 Å². The van der Waals surface area contributed by atoms with E-state index >= 15 is 0 Å². The molecule has 5 rings (SSSR count). The summed E-state index contributed by atoms with van der Waals surface area (Å²) in [5.74, 6) is 0.435. The predicted molar refractivity (Wildman–Crippen MR) is 133 cm³/mol. The quantitative estimate of drug-likeness (QED) is 0.260. The van der Waals surface area contributed by atoms with Crippen LogP contribution < -0.4 is 10.1 Å². The van der Waals surface area contributed by atoms with Gasteiger partial charge in [0.25, 0.3) is 0 Å². The number of carbonyl (C=O) groups is 2. The van der Waals surface area contributed by atoms with Crippen molar-refractivity contribution < 1.29 is 14.3 Å². The first-order valence-corrected chi connectivity index (χ1v) is 12.5. The molecular weight excluding hydrogens is 501 g/mol. The van der Waals surface area contributed by atoms with E-state index in [9.17, 15) is 9.59 Å². The molecule has 33 heavy (non-hydrogen) atoms. The fraction of sp³-hybridized carbons (Fsp3) is 0.174. The molecule has 1 aliphatic heterocycles. The molecule has 0 radical (unpaired) electrons. The number of thiazole rings is 1. The van der Waals surface area contributed by atoms with Gasteiger partial charge in [-0.15, -0.1) is 22.7 Å². The number of halogens is 2. The Morgan fingerprint density at radius 1 is 1.33 bits per heavy atom. The second-order valence-electron chi connectivity index (χ2n) is 7.53. The molecule has 4 heterocycles. The number of Topliss-reactive ketones (excluding diaryl/α,β-unsaturated/α-hetero) is 1. The first-order valence-electron chi connectivity index (χ1n) is 10.1. The van der Waals surface area contributed by atoms with Crippen LogP contribution >= 0.6 is 45.9 Å². The van der Waals surface area contributed by atoms with E-state index in [0.29, 0.717) is 39.5 Å². The summed E-state index contributed by atoms with van der Waals surface area (Å²) in [7, 11) is 0. The Kier molecular flexibility index (Phi) is 6.01. The maximum absolute atomic E-state index is 12.3. The van der Waals surface area contributed by atoms with Crippen molar-refractivity contribution in [3.8, 4) is 16.2 Å². The molecule has 1 amide bonds. The van der Waals surface area contributed by atoms with Crippen LogP contribution in [-0.4, -0.2) is 33.7 Å². The summed E-state index contributed by atoms with van der Waals surface area (Å²) < 4.78 is 7.82. The highest BCUT2D eigenvalue weighted by atomic mass is 35.5. The average Bonchev–Trinajstić information content (AvgIpc) is 3.54. The van der Waals surface area contributed by atoms with Crippen LogP contribution in [0.2, 0.25) is 10.2 Å². The van der Waals surface area contributed by atoms with Gasteiger partial charge in [-0.2, -0.15) is 0 Å². The molecule has 1 aromatic carbocycles. The van der Waals surface area contributed by atoms with Crippen molar-refractivity contribution in [1.29, 1.82) is 0 Å². The fourth-order valence-electron chi connectivity index (χ4n) is 3.68. The highest BCUT2D eigenvalue weighted by Gasteiger charge is 2.26. The molecule has 3 aromatic heterocycles. The van der Waals surface area contributed by atoms with E-state index in [0.717, 1.165) is 21.0 Å². The van der Waals surface area contributed by atoms with Gasteiger partial charge in [-0.05, 0) is 42.8 Å². The number of nitrogens with zero attached hydrogens (tertiary/aromatic N) is 2. The predicted octanol–water partition coefficient (Wildman–Crippen LogP) is 5.77. The van der Waals surface area contributed by atoms with Gasteiger partial charge in [-0.1, -0.05) is 23.2 Å². The minimum atomic E-state index is -0.252. The molecule has 0 spiro atoms. The summed E-state index contributed by atoms with van der Waals surface area (Å²) in [5, 5.41) is 5.64. The van der Waals surface area contributed by atoms with Gasteiger partial charge in [0.15, 0.2) is 15.9 Å². The molecule has 0 saturated heterocycles. The lowest BCUT2D eigenvalue weighted by atomic mass is 10.1. The number of hydrogen-bond acceptors (Lipinski definition) is 6. The zero-order valence-corrected chi connectivity index (χ0v) is 20.4. The standard InChI is InChI=1S/C23H17Cl2N3O3S2/c1-12(29)18-3-4-19(33-18)13-8-14-9-15(31-21(14)16(24)10-13)11-26-20(30)5-2-17-22(25)27-23-28(17)6-7-32-23/h2-8,10,15H,9,11H2,1H3,(H,26,30). The number of ether oxygens (including phenoxy) is 1. The zero-order valence-electron chi connectivity index (χ0n) is 17.3. The molecule has 0 saturated carbocycles. The van der Waals surface area contributed by atoms with Crippen molar-refractivity contribution in [1.82, 2.24) is 14.7 Å². The van der Waals surface area contributed by atoms with E-state index in [4.69, 9.17) is 27.9 Å². The average molecular weight is 518 g/mol. The lowest BCUT2D eigenvalue weighted by molar-refractivity contribution is -0.116. The number of fused-ring (bicyclic) bond motifs is 2. The first kappa shape index (κ1) is 22.2. The van der Waals surface area contributed by atoms with E-state index in [-0.39, 0.29) is 17.8 Å². The number of ketones is 1. The minimum Gasteiger partial charge on any atom is -0.486 e. The molecule has 1 atom stereocenters. The Morgan fingerprint density at radius 3 is 2.97 bits per heavy atom. The van der Waals surface area contributed by atoms with Crippen molar-refractivity contribution in [3.05, 3.63) is 68.2 Å². The van der Waals surface area contributed by atoms with Crippen LogP contribution in [0, 0.1) is 0 Å². The molecule has 0 fully saturated rings. The van der Waals surface area contributed by atoms with E-state index in [1.165, 1.54) is 28.7 Å². The highest BCUT2D eigenvalue weighted by Crippen LogP contribution is 2.41. The molecule has 6 nitrogen and oxygen atoms in total. The molecule has 10 heteroatoms. The number of hydrogen-bond donors (Lipinski definition) is 1. The topological polar surface area (TPSA) is 72.7 Å². The number of benzene rings is 1. The number of carbonyl (C=O) groups excluding carboxylic acids is 2. The highest BCUT2D eigenvalue weighted by molar-refractivity contribution is 7.17. The van der Waals surface area contributed by atoms with E-state index in [1.807, 2.05) is 40.2 Å². The van der Waals surface area contributed by atoms with Gasteiger partial charge in [-0.25, -0.2) is 4.98 Å².